The molecule has 15 heavy (non-hydrogen) atoms. The third-order valence-electron chi connectivity index (χ3n) is 2.65. The van der Waals surface area contributed by atoms with Gasteiger partial charge in [0.1, 0.15) is 6.04 Å². The second-order valence-corrected chi connectivity index (χ2v) is 3.80. The Morgan fingerprint density at radius 2 is 1.93 bits per heavy atom. The number of piperidine rings is 1. The second kappa shape index (κ2) is 5.58. The molecule has 0 aromatic rings. The molecule has 1 aliphatic rings. The van der Waals surface area contributed by atoms with Crippen molar-refractivity contribution in [2.45, 2.75) is 38.6 Å². The predicted octanol–water partition coefficient (Wildman–Crippen LogP) is 1.05. The lowest BCUT2D eigenvalue weighted by Crippen LogP contribution is -2.49. The molecule has 1 aliphatic heterocycles. The lowest BCUT2D eigenvalue weighted by atomic mass is 10.1. The number of carboxylic acids is 1. The van der Waals surface area contributed by atoms with Gasteiger partial charge in [-0.25, -0.2) is 9.59 Å². The fraction of sp³-hybridized carbons (Fsp3) is 0.800. The van der Waals surface area contributed by atoms with Gasteiger partial charge in [0, 0.05) is 13.1 Å². The van der Waals surface area contributed by atoms with Crippen LogP contribution in [0.3, 0.4) is 0 Å². The minimum absolute atomic E-state index is 0.246. The molecule has 0 spiro atoms. The first-order chi connectivity index (χ1) is 7.15. The standard InChI is InChI=1S/C10H18N2O3/c1-2-8(9(13)14)11-10(15)12-6-4-3-5-7-12/h8H,2-7H2,1H3,(H,11,15)(H,13,14). The van der Waals surface area contributed by atoms with Crippen molar-refractivity contribution in [3.05, 3.63) is 0 Å². The lowest BCUT2D eigenvalue weighted by Gasteiger charge is -2.28. The molecule has 0 aromatic carbocycles. The third-order valence-corrected chi connectivity index (χ3v) is 2.65. The van der Waals surface area contributed by atoms with Crippen LogP contribution in [0.5, 0.6) is 0 Å². The SMILES string of the molecule is CCC(NC(=O)N1CCCCC1)C(=O)O. The lowest BCUT2D eigenvalue weighted by molar-refractivity contribution is -0.139. The molecule has 0 aliphatic carbocycles. The van der Waals surface area contributed by atoms with E-state index in [1.54, 1.807) is 11.8 Å². The van der Waals surface area contributed by atoms with E-state index in [0.717, 1.165) is 32.4 Å². The normalized spacial score (nSPS) is 18.3. The molecule has 2 N–H and O–H groups in total. The Kier molecular flexibility index (Phi) is 4.39. The number of rotatable bonds is 3. The zero-order valence-corrected chi connectivity index (χ0v) is 9.03. The molecule has 0 bridgehead atoms. The molecule has 1 fully saturated rings. The van der Waals surface area contributed by atoms with E-state index < -0.39 is 12.0 Å². The molecule has 2 amide bonds. The molecule has 1 rings (SSSR count). The van der Waals surface area contributed by atoms with Crippen LogP contribution in [0.25, 0.3) is 0 Å². The third kappa shape index (κ3) is 3.42. The molecule has 0 aromatic heterocycles. The maximum atomic E-state index is 11.6. The van der Waals surface area contributed by atoms with Crippen LogP contribution in [0.15, 0.2) is 0 Å². The van der Waals surface area contributed by atoms with Crippen LogP contribution in [0.4, 0.5) is 4.79 Å². The maximum absolute atomic E-state index is 11.6. The van der Waals surface area contributed by atoms with Crippen molar-refractivity contribution in [2.75, 3.05) is 13.1 Å². The van der Waals surface area contributed by atoms with E-state index in [1.165, 1.54) is 0 Å². The first-order valence-corrected chi connectivity index (χ1v) is 5.43. The van der Waals surface area contributed by atoms with Gasteiger partial charge in [-0.2, -0.15) is 0 Å². The van der Waals surface area contributed by atoms with Crippen molar-refractivity contribution >= 4 is 12.0 Å². The van der Waals surface area contributed by atoms with E-state index in [1.807, 2.05) is 0 Å². The van der Waals surface area contributed by atoms with Gasteiger partial charge in [-0.05, 0) is 25.7 Å². The Hall–Kier alpha value is -1.26. The molecule has 1 unspecified atom stereocenters. The summed E-state index contributed by atoms with van der Waals surface area (Å²) in [6, 6.07) is -1.01. The molecule has 5 nitrogen and oxygen atoms in total. The van der Waals surface area contributed by atoms with Gasteiger partial charge in [-0.1, -0.05) is 6.92 Å². The zero-order valence-electron chi connectivity index (χ0n) is 9.03. The van der Waals surface area contributed by atoms with Crippen LogP contribution in [0, 0.1) is 0 Å². The van der Waals surface area contributed by atoms with Crippen LogP contribution in [0.2, 0.25) is 0 Å². The highest BCUT2D eigenvalue weighted by atomic mass is 16.4. The number of hydrogen-bond donors (Lipinski definition) is 2. The van der Waals surface area contributed by atoms with Crippen molar-refractivity contribution in [2.24, 2.45) is 0 Å². The van der Waals surface area contributed by atoms with Crippen LogP contribution < -0.4 is 5.32 Å². The van der Waals surface area contributed by atoms with Gasteiger partial charge in [-0.3, -0.25) is 0 Å². The second-order valence-electron chi connectivity index (χ2n) is 3.80. The van der Waals surface area contributed by atoms with E-state index in [-0.39, 0.29) is 6.03 Å². The summed E-state index contributed by atoms with van der Waals surface area (Å²) in [4.78, 5) is 24.0. The fourth-order valence-corrected chi connectivity index (χ4v) is 1.68. The molecule has 5 heteroatoms. The van der Waals surface area contributed by atoms with Gasteiger partial charge < -0.3 is 15.3 Å². The Balaban J connectivity index is 2.42. The average Bonchev–Trinajstić information content (AvgIpc) is 2.26. The number of likely N-dealkylation sites (tertiary alicyclic amines) is 1. The predicted molar refractivity (Wildman–Crippen MR) is 55.7 cm³/mol. The first-order valence-electron chi connectivity index (χ1n) is 5.43. The number of urea groups is 1. The summed E-state index contributed by atoms with van der Waals surface area (Å²) in [7, 11) is 0. The molecule has 1 saturated heterocycles. The van der Waals surface area contributed by atoms with Crippen LogP contribution in [0.1, 0.15) is 32.6 Å². The average molecular weight is 214 g/mol. The number of carbonyl (C=O) groups excluding carboxylic acids is 1. The smallest absolute Gasteiger partial charge is 0.326 e. The van der Waals surface area contributed by atoms with E-state index in [0.29, 0.717) is 6.42 Å². The maximum Gasteiger partial charge on any atom is 0.326 e. The molecule has 1 atom stereocenters. The van der Waals surface area contributed by atoms with Crippen LogP contribution in [-0.4, -0.2) is 41.1 Å². The van der Waals surface area contributed by atoms with Gasteiger partial charge in [-0.15, -0.1) is 0 Å². The van der Waals surface area contributed by atoms with E-state index >= 15 is 0 Å². The van der Waals surface area contributed by atoms with Crippen LogP contribution in [-0.2, 0) is 4.79 Å². The Morgan fingerprint density at radius 3 is 2.40 bits per heavy atom. The van der Waals surface area contributed by atoms with Gasteiger partial charge in [0.25, 0.3) is 0 Å². The number of aliphatic carboxylic acids is 1. The van der Waals surface area contributed by atoms with Crippen molar-refractivity contribution in [1.82, 2.24) is 10.2 Å². The summed E-state index contributed by atoms with van der Waals surface area (Å²) in [5.74, 6) is -0.970. The molecular weight excluding hydrogens is 196 g/mol. The van der Waals surface area contributed by atoms with Gasteiger partial charge in [0.2, 0.25) is 0 Å². The number of hydrogen-bond acceptors (Lipinski definition) is 2. The summed E-state index contributed by atoms with van der Waals surface area (Å²) >= 11 is 0. The quantitative estimate of drug-likeness (QED) is 0.737. The largest absolute Gasteiger partial charge is 0.480 e. The van der Waals surface area contributed by atoms with Gasteiger partial charge in [0.05, 0.1) is 0 Å². The zero-order chi connectivity index (χ0) is 11.3. The Bertz CT molecular complexity index is 237. The first kappa shape index (κ1) is 11.8. The summed E-state index contributed by atoms with van der Waals surface area (Å²) in [5, 5.41) is 11.3. The minimum atomic E-state index is -0.970. The topological polar surface area (TPSA) is 69.6 Å². The highest BCUT2D eigenvalue weighted by Gasteiger charge is 2.22. The number of amides is 2. The minimum Gasteiger partial charge on any atom is -0.480 e. The Morgan fingerprint density at radius 1 is 1.33 bits per heavy atom. The van der Waals surface area contributed by atoms with E-state index in [9.17, 15) is 9.59 Å². The van der Waals surface area contributed by atoms with Crippen LogP contribution >= 0.6 is 0 Å². The number of nitrogens with zero attached hydrogens (tertiary/aromatic N) is 1. The fourth-order valence-electron chi connectivity index (χ4n) is 1.68. The molecule has 0 radical (unpaired) electrons. The van der Waals surface area contributed by atoms with Crippen molar-refractivity contribution in [3.63, 3.8) is 0 Å². The monoisotopic (exact) mass is 214 g/mol. The number of nitrogens with one attached hydrogen (secondary N) is 1. The summed E-state index contributed by atoms with van der Waals surface area (Å²) in [5.41, 5.74) is 0. The number of carbonyl (C=O) groups is 2. The Labute approximate surface area is 89.4 Å². The van der Waals surface area contributed by atoms with Crippen molar-refractivity contribution in [3.8, 4) is 0 Å². The summed E-state index contributed by atoms with van der Waals surface area (Å²) in [6.45, 7) is 3.22. The molecule has 0 saturated carbocycles. The van der Waals surface area contributed by atoms with E-state index in [4.69, 9.17) is 5.11 Å². The van der Waals surface area contributed by atoms with E-state index in [2.05, 4.69) is 5.32 Å². The number of carboxylic acid groups (broad SMARTS) is 1. The highest BCUT2D eigenvalue weighted by molar-refractivity contribution is 5.82. The van der Waals surface area contributed by atoms with Crippen molar-refractivity contribution in [1.29, 1.82) is 0 Å². The molecule has 86 valence electrons. The van der Waals surface area contributed by atoms with Crippen molar-refractivity contribution < 1.29 is 14.7 Å². The highest BCUT2D eigenvalue weighted by Crippen LogP contribution is 2.08. The summed E-state index contributed by atoms with van der Waals surface area (Å²) in [6.07, 6.45) is 3.59. The van der Waals surface area contributed by atoms with Gasteiger partial charge in [0.15, 0.2) is 0 Å². The van der Waals surface area contributed by atoms with Gasteiger partial charge >= 0.3 is 12.0 Å². The molecule has 1 heterocycles. The summed E-state index contributed by atoms with van der Waals surface area (Å²) < 4.78 is 0. The molecular formula is C10H18N2O3.